The summed E-state index contributed by atoms with van der Waals surface area (Å²) in [5.74, 6) is 0.315. The number of nitrogens with one attached hydrogen (secondary N) is 2. The minimum atomic E-state index is 0.0210. The fourth-order valence-electron chi connectivity index (χ4n) is 2.21. The van der Waals surface area contributed by atoms with Crippen molar-refractivity contribution >= 4 is 17.2 Å². The normalized spacial score (nSPS) is 26.5. The summed E-state index contributed by atoms with van der Waals surface area (Å²) < 4.78 is 0. The van der Waals surface area contributed by atoms with Gasteiger partial charge < -0.3 is 10.6 Å². The highest BCUT2D eigenvalue weighted by Crippen LogP contribution is 2.19. The van der Waals surface area contributed by atoms with Gasteiger partial charge in [0.15, 0.2) is 0 Å². The van der Waals surface area contributed by atoms with Crippen LogP contribution >= 0.6 is 11.3 Å². The molecule has 1 amide bonds. The highest BCUT2D eigenvalue weighted by Gasteiger charge is 2.25. The fraction of sp³-hybridized carbons (Fsp3) is 0.667. The summed E-state index contributed by atoms with van der Waals surface area (Å²) in [5.41, 5.74) is 0. The van der Waals surface area contributed by atoms with Crippen molar-refractivity contribution in [3.8, 4) is 0 Å². The zero-order chi connectivity index (χ0) is 12.3. The Kier molecular flexibility index (Phi) is 4.12. The number of carbonyl (C=O) groups excluding carboxylic acids is 1. The zero-order valence-corrected chi connectivity index (χ0v) is 11.1. The van der Waals surface area contributed by atoms with Crippen LogP contribution in [0.4, 0.5) is 0 Å². The summed E-state index contributed by atoms with van der Waals surface area (Å²) in [6.45, 7) is 5.05. The molecule has 5 heteroatoms. The van der Waals surface area contributed by atoms with E-state index in [1.807, 2.05) is 12.3 Å². The van der Waals surface area contributed by atoms with Crippen molar-refractivity contribution < 1.29 is 4.79 Å². The van der Waals surface area contributed by atoms with Crippen LogP contribution in [-0.4, -0.2) is 23.5 Å². The quantitative estimate of drug-likeness (QED) is 0.862. The Hall–Kier alpha value is -0.940. The number of rotatable bonds is 3. The third kappa shape index (κ3) is 3.26. The summed E-state index contributed by atoms with van der Waals surface area (Å²) in [4.78, 5) is 16.3. The Labute approximate surface area is 106 Å². The third-order valence-electron chi connectivity index (χ3n) is 3.18. The summed E-state index contributed by atoms with van der Waals surface area (Å²) >= 11 is 1.58. The second-order valence-electron chi connectivity index (χ2n) is 4.68. The SMILES string of the molecule is CC1CC(C(=O)NC(C)c2nccs2)CCN1. The maximum absolute atomic E-state index is 12.1. The van der Waals surface area contributed by atoms with Gasteiger partial charge in [0.1, 0.15) is 5.01 Å². The Morgan fingerprint density at radius 2 is 2.53 bits per heavy atom. The molecular weight excluding hydrogens is 234 g/mol. The van der Waals surface area contributed by atoms with Crippen molar-refractivity contribution in [1.29, 1.82) is 0 Å². The lowest BCUT2D eigenvalue weighted by Crippen LogP contribution is -2.42. The molecule has 0 radical (unpaired) electrons. The molecule has 1 saturated heterocycles. The Morgan fingerprint density at radius 3 is 3.18 bits per heavy atom. The van der Waals surface area contributed by atoms with Crippen LogP contribution in [0, 0.1) is 5.92 Å². The Bertz CT molecular complexity index is 366. The number of carbonyl (C=O) groups is 1. The predicted molar refractivity (Wildman–Crippen MR) is 68.9 cm³/mol. The molecule has 2 heterocycles. The molecule has 2 N–H and O–H groups in total. The molecule has 1 fully saturated rings. The number of hydrogen-bond acceptors (Lipinski definition) is 4. The smallest absolute Gasteiger partial charge is 0.223 e. The minimum Gasteiger partial charge on any atom is -0.347 e. The van der Waals surface area contributed by atoms with Crippen LogP contribution in [0.5, 0.6) is 0 Å². The van der Waals surface area contributed by atoms with Crippen LogP contribution in [0.25, 0.3) is 0 Å². The second kappa shape index (κ2) is 5.60. The van der Waals surface area contributed by atoms with Crippen molar-refractivity contribution in [3.05, 3.63) is 16.6 Å². The van der Waals surface area contributed by atoms with E-state index in [1.54, 1.807) is 17.5 Å². The predicted octanol–water partition coefficient (Wildman–Crippen LogP) is 1.71. The van der Waals surface area contributed by atoms with Crippen LogP contribution in [0.3, 0.4) is 0 Å². The molecule has 1 aliphatic rings. The first-order valence-electron chi connectivity index (χ1n) is 6.10. The molecule has 4 nitrogen and oxygen atoms in total. The van der Waals surface area contributed by atoms with Gasteiger partial charge in [-0.3, -0.25) is 4.79 Å². The van der Waals surface area contributed by atoms with Gasteiger partial charge in [-0.25, -0.2) is 4.98 Å². The lowest BCUT2D eigenvalue weighted by atomic mass is 9.92. The lowest BCUT2D eigenvalue weighted by Gasteiger charge is -2.27. The van der Waals surface area contributed by atoms with Gasteiger partial charge in [-0.1, -0.05) is 0 Å². The minimum absolute atomic E-state index is 0.0210. The van der Waals surface area contributed by atoms with E-state index in [1.165, 1.54) is 0 Å². The Balaban J connectivity index is 1.88. The first-order chi connectivity index (χ1) is 8.16. The highest BCUT2D eigenvalue weighted by molar-refractivity contribution is 7.09. The van der Waals surface area contributed by atoms with E-state index in [-0.39, 0.29) is 17.9 Å². The van der Waals surface area contributed by atoms with Gasteiger partial charge in [-0.15, -0.1) is 11.3 Å². The number of aromatic nitrogens is 1. The molecular formula is C12H19N3OS. The van der Waals surface area contributed by atoms with E-state index >= 15 is 0 Å². The van der Waals surface area contributed by atoms with Gasteiger partial charge in [0, 0.05) is 23.5 Å². The van der Waals surface area contributed by atoms with E-state index in [2.05, 4.69) is 22.5 Å². The van der Waals surface area contributed by atoms with E-state index in [9.17, 15) is 4.79 Å². The van der Waals surface area contributed by atoms with Crippen LogP contribution in [0.2, 0.25) is 0 Å². The van der Waals surface area contributed by atoms with Gasteiger partial charge in [-0.2, -0.15) is 0 Å². The first kappa shape index (κ1) is 12.5. The number of thiazole rings is 1. The van der Waals surface area contributed by atoms with Crippen LogP contribution in [-0.2, 0) is 4.79 Å². The second-order valence-corrected chi connectivity index (χ2v) is 5.60. The van der Waals surface area contributed by atoms with Crippen molar-refractivity contribution in [2.75, 3.05) is 6.54 Å². The zero-order valence-electron chi connectivity index (χ0n) is 10.3. The molecule has 1 aromatic heterocycles. The van der Waals surface area contributed by atoms with E-state index in [0.29, 0.717) is 6.04 Å². The molecule has 0 aromatic carbocycles. The summed E-state index contributed by atoms with van der Waals surface area (Å²) in [6, 6.07) is 0.461. The van der Waals surface area contributed by atoms with Gasteiger partial charge in [0.25, 0.3) is 0 Å². The van der Waals surface area contributed by atoms with Gasteiger partial charge in [0.2, 0.25) is 5.91 Å². The summed E-state index contributed by atoms with van der Waals surface area (Å²) in [7, 11) is 0. The summed E-state index contributed by atoms with van der Waals surface area (Å²) in [5, 5.41) is 9.32. The van der Waals surface area contributed by atoms with Crippen molar-refractivity contribution in [3.63, 3.8) is 0 Å². The average molecular weight is 253 g/mol. The maximum Gasteiger partial charge on any atom is 0.223 e. The van der Waals surface area contributed by atoms with E-state index < -0.39 is 0 Å². The monoisotopic (exact) mass is 253 g/mol. The van der Waals surface area contributed by atoms with E-state index in [4.69, 9.17) is 0 Å². The van der Waals surface area contributed by atoms with Crippen LogP contribution in [0.1, 0.15) is 37.7 Å². The maximum atomic E-state index is 12.1. The number of nitrogens with zero attached hydrogens (tertiary/aromatic N) is 1. The number of piperidine rings is 1. The topological polar surface area (TPSA) is 54.0 Å². The van der Waals surface area contributed by atoms with Crippen LogP contribution in [0.15, 0.2) is 11.6 Å². The van der Waals surface area contributed by atoms with Crippen molar-refractivity contribution in [2.45, 2.75) is 38.8 Å². The number of hydrogen-bond donors (Lipinski definition) is 2. The molecule has 3 atom stereocenters. The van der Waals surface area contributed by atoms with Gasteiger partial charge >= 0.3 is 0 Å². The fourth-order valence-corrected chi connectivity index (χ4v) is 2.86. The van der Waals surface area contributed by atoms with Crippen molar-refractivity contribution in [1.82, 2.24) is 15.6 Å². The van der Waals surface area contributed by atoms with Crippen molar-refractivity contribution in [2.24, 2.45) is 5.92 Å². The molecule has 0 saturated carbocycles. The third-order valence-corrected chi connectivity index (χ3v) is 4.13. The molecule has 2 rings (SSSR count). The first-order valence-corrected chi connectivity index (χ1v) is 6.98. The Morgan fingerprint density at radius 1 is 1.71 bits per heavy atom. The molecule has 0 spiro atoms. The molecule has 94 valence electrons. The molecule has 1 aromatic rings. The lowest BCUT2D eigenvalue weighted by molar-refractivity contribution is -0.126. The van der Waals surface area contributed by atoms with Gasteiger partial charge in [0.05, 0.1) is 6.04 Å². The molecule has 0 bridgehead atoms. The van der Waals surface area contributed by atoms with E-state index in [0.717, 1.165) is 24.4 Å². The molecule has 1 aliphatic heterocycles. The molecule has 17 heavy (non-hydrogen) atoms. The van der Waals surface area contributed by atoms with Gasteiger partial charge in [-0.05, 0) is 33.2 Å². The summed E-state index contributed by atoms with van der Waals surface area (Å²) in [6.07, 6.45) is 3.63. The standard InChI is InChI=1S/C12H19N3OS/c1-8-7-10(3-4-13-8)11(16)15-9(2)12-14-5-6-17-12/h5-6,8-10,13H,3-4,7H2,1-2H3,(H,15,16). The average Bonchev–Trinajstić information content (AvgIpc) is 2.82. The van der Waals surface area contributed by atoms with Crippen LogP contribution < -0.4 is 10.6 Å². The molecule has 3 unspecified atom stereocenters. The highest BCUT2D eigenvalue weighted by atomic mass is 32.1. The molecule has 0 aliphatic carbocycles. The largest absolute Gasteiger partial charge is 0.347 e. The number of amides is 1.